The summed E-state index contributed by atoms with van der Waals surface area (Å²) >= 11 is 5.59. The third kappa shape index (κ3) is 2.05. The van der Waals surface area contributed by atoms with Crippen molar-refractivity contribution >= 4 is 17.9 Å². The molecule has 0 aliphatic rings. The van der Waals surface area contributed by atoms with Crippen molar-refractivity contribution in [3.8, 4) is 0 Å². The lowest BCUT2D eigenvalue weighted by Crippen LogP contribution is -2.04. The number of aldehydes is 1. The molecule has 0 radical (unpaired) electrons. The molecular weight excluding hydrogens is 214 g/mol. The summed E-state index contributed by atoms with van der Waals surface area (Å²) in [6.07, 6.45) is -2.52. The van der Waals surface area contributed by atoms with Gasteiger partial charge in [0.05, 0.1) is 0 Å². The third-order valence-electron chi connectivity index (χ3n) is 1.68. The van der Waals surface area contributed by atoms with Crippen LogP contribution in [0.25, 0.3) is 0 Å². The van der Waals surface area contributed by atoms with Crippen molar-refractivity contribution in [2.75, 3.05) is 0 Å². The summed E-state index contributed by atoms with van der Waals surface area (Å²) in [7, 11) is 0. The van der Waals surface area contributed by atoms with Crippen molar-refractivity contribution in [1.82, 2.24) is 4.98 Å². The van der Waals surface area contributed by atoms with Gasteiger partial charge in [0.2, 0.25) is 0 Å². The molecule has 6 heteroatoms. The van der Waals surface area contributed by atoms with Crippen LogP contribution in [0.2, 0.25) is 5.15 Å². The second-order valence-electron chi connectivity index (χ2n) is 2.54. The van der Waals surface area contributed by atoms with Crippen LogP contribution in [0.4, 0.5) is 8.78 Å². The maximum absolute atomic E-state index is 12.4. The van der Waals surface area contributed by atoms with Gasteiger partial charge in [-0.1, -0.05) is 11.6 Å². The van der Waals surface area contributed by atoms with Crippen molar-refractivity contribution < 1.29 is 13.6 Å². The molecule has 1 heterocycles. The van der Waals surface area contributed by atoms with Crippen molar-refractivity contribution in [2.24, 2.45) is 5.73 Å². The fourth-order valence-corrected chi connectivity index (χ4v) is 1.20. The number of hydrogen-bond donors (Lipinski definition) is 1. The molecule has 0 fully saturated rings. The molecule has 0 spiro atoms. The van der Waals surface area contributed by atoms with Crippen LogP contribution >= 0.6 is 11.6 Å². The van der Waals surface area contributed by atoms with E-state index in [-0.39, 0.29) is 23.7 Å². The molecule has 1 rings (SSSR count). The molecule has 0 aliphatic carbocycles. The molecule has 76 valence electrons. The summed E-state index contributed by atoms with van der Waals surface area (Å²) in [5.41, 5.74) is 4.77. The Morgan fingerprint density at radius 1 is 1.64 bits per heavy atom. The van der Waals surface area contributed by atoms with Gasteiger partial charge in [-0.3, -0.25) is 4.79 Å². The van der Waals surface area contributed by atoms with Crippen molar-refractivity contribution in [3.63, 3.8) is 0 Å². The molecule has 0 saturated heterocycles. The second-order valence-corrected chi connectivity index (χ2v) is 2.89. The number of alkyl halides is 2. The minimum atomic E-state index is -2.76. The second kappa shape index (κ2) is 4.43. The van der Waals surface area contributed by atoms with Gasteiger partial charge < -0.3 is 5.73 Å². The number of nitrogens with two attached hydrogens (primary N) is 1. The lowest BCUT2D eigenvalue weighted by molar-refractivity contribution is 0.110. The van der Waals surface area contributed by atoms with Gasteiger partial charge in [0, 0.05) is 17.7 Å². The minimum Gasteiger partial charge on any atom is -0.326 e. The fraction of sp³-hybridized carbons (Fsp3) is 0.250. The number of carbonyl (C=O) groups excluding carboxylic acids is 1. The minimum absolute atomic E-state index is 0.00465. The average molecular weight is 221 g/mol. The molecule has 2 N–H and O–H groups in total. The highest BCUT2D eigenvalue weighted by Crippen LogP contribution is 2.25. The van der Waals surface area contributed by atoms with E-state index in [1.54, 1.807) is 0 Å². The number of hydrogen-bond acceptors (Lipinski definition) is 3. The first-order chi connectivity index (χ1) is 6.60. The highest BCUT2D eigenvalue weighted by Gasteiger charge is 2.16. The lowest BCUT2D eigenvalue weighted by atomic mass is 10.1. The van der Waals surface area contributed by atoms with Crippen LogP contribution in [0.15, 0.2) is 6.07 Å². The molecular formula is C8H7ClF2N2O. The molecule has 3 nitrogen and oxygen atoms in total. The van der Waals surface area contributed by atoms with Crippen LogP contribution in [0.5, 0.6) is 0 Å². The highest BCUT2D eigenvalue weighted by atomic mass is 35.5. The smallest absolute Gasteiger partial charge is 0.266 e. The van der Waals surface area contributed by atoms with E-state index < -0.39 is 12.0 Å². The van der Waals surface area contributed by atoms with E-state index in [0.717, 1.165) is 6.07 Å². The Morgan fingerprint density at radius 3 is 2.71 bits per heavy atom. The SMILES string of the molecule is NCc1cc(C(F)F)c(C=O)nc1Cl. The van der Waals surface area contributed by atoms with Gasteiger partial charge in [-0.25, -0.2) is 13.8 Å². The zero-order valence-electron chi connectivity index (χ0n) is 7.01. The van der Waals surface area contributed by atoms with E-state index in [2.05, 4.69) is 4.98 Å². The largest absolute Gasteiger partial charge is 0.326 e. The molecule has 0 amide bonds. The summed E-state index contributed by atoms with van der Waals surface area (Å²) in [5.74, 6) is 0. The van der Waals surface area contributed by atoms with Gasteiger partial charge in [0.1, 0.15) is 10.8 Å². The Morgan fingerprint density at radius 2 is 2.29 bits per heavy atom. The Kier molecular flexibility index (Phi) is 3.49. The Bertz CT molecular complexity index is 357. The van der Waals surface area contributed by atoms with Gasteiger partial charge in [-0.2, -0.15) is 0 Å². The van der Waals surface area contributed by atoms with Crippen molar-refractivity contribution in [2.45, 2.75) is 13.0 Å². The standard InChI is InChI=1S/C8H7ClF2N2O/c9-7-4(2-12)1-5(8(10)11)6(3-14)13-7/h1,3,8H,2,12H2. The Hall–Kier alpha value is -1.07. The van der Waals surface area contributed by atoms with Crippen LogP contribution in [-0.2, 0) is 6.54 Å². The van der Waals surface area contributed by atoms with Crippen LogP contribution < -0.4 is 5.73 Å². The van der Waals surface area contributed by atoms with Gasteiger partial charge in [-0.05, 0) is 6.07 Å². The van der Waals surface area contributed by atoms with Crippen LogP contribution in [0.3, 0.4) is 0 Å². The Balaban J connectivity index is 3.32. The maximum atomic E-state index is 12.4. The number of aromatic nitrogens is 1. The van der Waals surface area contributed by atoms with Gasteiger partial charge >= 0.3 is 0 Å². The van der Waals surface area contributed by atoms with E-state index in [4.69, 9.17) is 17.3 Å². The van der Waals surface area contributed by atoms with E-state index in [0.29, 0.717) is 5.56 Å². The summed E-state index contributed by atoms with van der Waals surface area (Å²) in [6, 6.07) is 1.10. The van der Waals surface area contributed by atoms with E-state index >= 15 is 0 Å². The van der Waals surface area contributed by atoms with Crippen LogP contribution in [0, 0.1) is 0 Å². The topological polar surface area (TPSA) is 56.0 Å². The number of halogens is 3. The molecule has 14 heavy (non-hydrogen) atoms. The van der Waals surface area contributed by atoms with Gasteiger partial charge in [0.25, 0.3) is 6.43 Å². The first-order valence-corrected chi connectivity index (χ1v) is 4.10. The molecule has 0 saturated carbocycles. The normalized spacial score (nSPS) is 10.6. The predicted octanol–water partition coefficient (Wildman–Crippen LogP) is 1.94. The van der Waals surface area contributed by atoms with Crippen LogP contribution in [0.1, 0.15) is 28.0 Å². The first-order valence-electron chi connectivity index (χ1n) is 3.72. The number of nitrogens with zero attached hydrogens (tertiary/aromatic N) is 1. The summed E-state index contributed by atoms with van der Waals surface area (Å²) < 4.78 is 24.8. The summed E-state index contributed by atoms with van der Waals surface area (Å²) in [6.45, 7) is 0.00465. The highest BCUT2D eigenvalue weighted by molar-refractivity contribution is 6.30. The molecule has 0 aliphatic heterocycles. The first kappa shape index (κ1) is 11.0. The van der Waals surface area contributed by atoms with Gasteiger partial charge in [0.15, 0.2) is 6.29 Å². The lowest BCUT2D eigenvalue weighted by Gasteiger charge is -2.06. The zero-order chi connectivity index (χ0) is 10.7. The summed E-state index contributed by atoms with van der Waals surface area (Å²) in [4.78, 5) is 13.9. The van der Waals surface area contributed by atoms with Gasteiger partial charge in [-0.15, -0.1) is 0 Å². The molecule has 0 atom stereocenters. The monoisotopic (exact) mass is 220 g/mol. The number of rotatable bonds is 3. The average Bonchev–Trinajstić information content (AvgIpc) is 2.16. The molecule has 0 bridgehead atoms. The number of carbonyl (C=O) groups is 1. The maximum Gasteiger partial charge on any atom is 0.266 e. The molecule has 0 unspecified atom stereocenters. The predicted molar refractivity (Wildman–Crippen MR) is 47.5 cm³/mol. The Labute approximate surface area is 83.9 Å². The number of pyridine rings is 1. The van der Waals surface area contributed by atoms with E-state index in [9.17, 15) is 13.6 Å². The van der Waals surface area contributed by atoms with Crippen molar-refractivity contribution in [3.05, 3.63) is 28.0 Å². The van der Waals surface area contributed by atoms with E-state index in [1.165, 1.54) is 0 Å². The summed E-state index contributed by atoms with van der Waals surface area (Å²) in [5, 5.41) is -0.0148. The quantitative estimate of drug-likeness (QED) is 0.626. The zero-order valence-corrected chi connectivity index (χ0v) is 7.76. The van der Waals surface area contributed by atoms with Crippen molar-refractivity contribution in [1.29, 1.82) is 0 Å². The molecule has 1 aromatic heterocycles. The molecule has 0 aromatic carbocycles. The van der Waals surface area contributed by atoms with Crippen LogP contribution in [-0.4, -0.2) is 11.3 Å². The fourth-order valence-electron chi connectivity index (χ4n) is 0.976. The van der Waals surface area contributed by atoms with E-state index in [1.807, 2.05) is 0 Å². The molecule has 1 aromatic rings. The third-order valence-corrected chi connectivity index (χ3v) is 2.00.